The van der Waals surface area contributed by atoms with Gasteiger partial charge in [-0.25, -0.2) is 8.42 Å². The molecule has 1 amide bonds. The van der Waals surface area contributed by atoms with Crippen LogP contribution in [0.5, 0.6) is 0 Å². The largest absolute Gasteiger partial charge is 0.310 e. The van der Waals surface area contributed by atoms with Crippen molar-refractivity contribution < 1.29 is 18.0 Å². The molecule has 0 atom stereocenters. The van der Waals surface area contributed by atoms with Gasteiger partial charge >= 0.3 is 0 Å². The summed E-state index contributed by atoms with van der Waals surface area (Å²) in [6.45, 7) is 5.87. The van der Waals surface area contributed by atoms with Crippen molar-refractivity contribution in [2.45, 2.75) is 45.1 Å². The van der Waals surface area contributed by atoms with E-state index in [1.54, 1.807) is 32.0 Å². The van der Waals surface area contributed by atoms with Gasteiger partial charge in [-0.15, -0.1) is 0 Å². The van der Waals surface area contributed by atoms with Gasteiger partial charge in [0.15, 0.2) is 0 Å². The van der Waals surface area contributed by atoms with Gasteiger partial charge in [-0.05, 0) is 36.6 Å². The molecule has 3 aromatic rings. The molecule has 8 nitrogen and oxygen atoms in total. The molecule has 0 radical (unpaired) electrons. The van der Waals surface area contributed by atoms with Crippen molar-refractivity contribution in [1.29, 1.82) is 0 Å². The maximum Gasteiger partial charge on any atom is 0.249 e. The van der Waals surface area contributed by atoms with Gasteiger partial charge in [-0.2, -0.15) is 14.1 Å². The highest BCUT2D eigenvalue weighted by atomic mass is 32.2. The first-order valence-electron chi connectivity index (χ1n) is 10.8. The first kappa shape index (κ1) is 22.9. The number of fused-ring (bicyclic) bond motifs is 1. The Hall–Kier alpha value is -3.30. The van der Waals surface area contributed by atoms with E-state index in [9.17, 15) is 18.0 Å². The van der Waals surface area contributed by atoms with E-state index in [0.29, 0.717) is 28.9 Å². The van der Waals surface area contributed by atoms with E-state index < -0.39 is 10.0 Å². The quantitative estimate of drug-likeness (QED) is 0.596. The highest BCUT2D eigenvalue weighted by Crippen LogP contribution is 2.35. The molecule has 0 saturated heterocycles. The Morgan fingerprint density at radius 2 is 1.79 bits per heavy atom. The standard InChI is InChI=1S/C24H26N4O4S/c1-4-27(15-18-8-6-5-7-9-18)33(31,32)20-14-19(11-10-16(20)2)23-17(3)26-28-22(30)13-12-21(29)25-24(23)28/h5-11,14H,4,12-13,15H2,1-3H3,(H,25,29). The molecule has 0 fully saturated rings. The summed E-state index contributed by atoms with van der Waals surface area (Å²) in [6.07, 6.45) is 0.150. The number of hydrogen-bond acceptors (Lipinski definition) is 5. The van der Waals surface area contributed by atoms with Gasteiger partial charge in [0.1, 0.15) is 5.82 Å². The first-order valence-corrected chi connectivity index (χ1v) is 12.2. The molecule has 0 aliphatic carbocycles. The lowest BCUT2D eigenvalue weighted by Gasteiger charge is -2.22. The lowest BCUT2D eigenvalue weighted by atomic mass is 10.0. The van der Waals surface area contributed by atoms with Crippen molar-refractivity contribution in [2.24, 2.45) is 0 Å². The van der Waals surface area contributed by atoms with E-state index in [1.807, 2.05) is 37.3 Å². The molecule has 33 heavy (non-hydrogen) atoms. The third-order valence-electron chi connectivity index (χ3n) is 5.77. The first-order chi connectivity index (χ1) is 15.7. The fourth-order valence-electron chi connectivity index (χ4n) is 4.02. The van der Waals surface area contributed by atoms with Crippen LogP contribution in [0.1, 0.15) is 41.4 Å². The molecular formula is C24H26N4O4S. The zero-order valence-electron chi connectivity index (χ0n) is 18.8. The zero-order valence-corrected chi connectivity index (χ0v) is 19.6. The number of nitrogens with zero attached hydrogens (tertiary/aromatic N) is 3. The van der Waals surface area contributed by atoms with Crippen LogP contribution in [0.4, 0.5) is 5.82 Å². The SMILES string of the molecule is CCN(Cc1ccccc1)S(=O)(=O)c1cc(-c2c(C)nn3c2NC(=O)CCC3=O)ccc1C. The van der Waals surface area contributed by atoms with Crippen LogP contribution in [0.2, 0.25) is 0 Å². The number of hydrogen-bond donors (Lipinski definition) is 1. The summed E-state index contributed by atoms with van der Waals surface area (Å²) in [5.74, 6) is -0.273. The molecule has 1 N–H and O–H groups in total. The second-order valence-electron chi connectivity index (χ2n) is 8.06. The van der Waals surface area contributed by atoms with Crippen LogP contribution in [0.25, 0.3) is 11.1 Å². The predicted molar refractivity (Wildman–Crippen MR) is 125 cm³/mol. The van der Waals surface area contributed by atoms with Gasteiger partial charge in [-0.1, -0.05) is 49.4 Å². The van der Waals surface area contributed by atoms with E-state index >= 15 is 0 Å². The van der Waals surface area contributed by atoms with Gasteiger partial charge in [0.25, 0.3) is 0 Å². The van der Waals surface area contributed by atoms with E-state index in [0.717, 1.165) is 5.56 Å². The van der Waals surface area contributed by atoms with Crippen LogP contribution in [0.15, 0.2) is 53.4 Å². The second kappa shape index (κ2) is 8.92. The zero-order chi connectivity index (χ0) is 23.8. The Labute approximate surface area is 193 Å². The van der Waals surface area contributed by atoms with E-state index in [4.69, 9.17) is 0 Å². The number of sulfonamides is 1. The van der Waals surface area contributed by atoms with E-state index in [-0.39, 0.29) is 41.9 Å². The summed E-state index contributed by atoms with van der Waals surface area (Å²) in [4.78, 5) is 24.8. The molecule has 9 heteroatoms. The number of nitrogens with one attached hydrogen (secondary N) is 1. The summed E-state index contributed by atoms with van der Waals surface area (Å²) in [7, 11) is -3.80. The van der Waals surface area contributed by atoms with Crippen molar-refractivity contribution in [3.8, 4) is 11.1 Å². The molecule has 0 unspecified atom stereocenters. The van der Waals surface area contributed by atoms with Crippen LogP contribution in [0.3, 0.4) is 0 Å². The number of aromatic nitrogens is 2. The third kappa shape index (κ3) is 4.34. The molecule has 1 aliphatic rings. The number of benzene rings is 2. The van der Waals surface area contributed by atoms with Gasteiger partial charge < -0.3 is 5.32 Å². The minimum atomic E-state index is -3.80. The van der Waals surface area contributed by atoms with Crippen LogP contribution >= 0.6 is 0 Å². The molecule has 1 aliphatic heterocycles. The molecule has 0 bridgehead atoms. The van der Waals surface area contributed by atoms with Crippen LogP contribution in [-0.4, -0.2) is 40.9 Å². The average Bonchev–Trinajstić information content (AvgIpc) is 3.05. The van der Waals surface area contributed by atoms with Crippen LogP contribution in [-0.2, 0) is 21.4 Å². The molecule has 2 aromatic carbocycles. The number of anilines is 1. The van der Waals surface area contributed by atoms with Crippen molar-refractivity contribution in [2.75, 3.05) is 11.9 Å². The van der Waals surface area contributed by atoms with E-state index in [1.165, 1.54) is 8.99 Å². The van der Waals surface area contributed by atoms with Crippen molar-refractivity contribution in [1.82, 2.24) is 14.1 Å². The van der Waals surface area contributed by atoms with Crippen LogP contribution < -0.4 is 5.32 Å². The fraction of sp³-hybridized carbons (Fsp3) is 0.292. The Morgan fingerprint density at radius 3 is 2.48 bits per heavy atom. The molecule has 1 aromatic heterocycles. The van der Waals surface area contributed by atoms with Gasteiger partial charge in [0.05, 0.1) is 10.6 Å². The second-order valence-corrected chi connectivity index (χ2v) is 9.97. The Kier molecular flexibility index (Phi) is 6.18. The number of rotatable bonds is 6. The van der Waals surface area contributed by atoms with Crippen molar-refractivity contribution in [3.63, 3.8) is 0 Å². The molecule has 4 rings (SSSR count). The average molecular weight is 467 g/mol. The number of carbonyl (C=O) groups is 2. The van der Waals surface area contributed by atoms with Gasteiger partial charge in [-0.3, -0.25) is 9.59 Å². The van der Waals surface area contributed by atoms with E-state index in [2.05, 4.69) is 10.4 Å². The summed E-state index contributed by atoms with van der Waals surface area (Å²) < 4.78 is 29.9. The Morgan fingerprint density at radius 1 is 1.06 bits per heavy atom. The lowest BCUT2D eigenvalue weighted by molar-refractivity contribution is -0.116. The topological polar surface area (TPSA) is 101 Å². The Balaban J connectivity index is 1.79. The highest BCUT2D eigenvalue weighted by Gasteiger charge is 2.29. The van der Waals surface area contributed by atoms with Crippen LogP contribution in [0, 0.1) is 13.8 Å². The summed E-state index contributed by atoms with van der Waals surface area (Å²) >= 11 is 0. The highest BCUT2D eigenvalue weighted by molar-refractivity contribution is 7.89. The minimum Gasteiger partial charge on any atom is -0.310 e. The fourth-order valence-corrected chi connectivity index (χ4v) is 5.70. The third-order valence-corrected chi connectivity index (χ3v) is 7.83. The summed E-state index contributed by atoms with van der Waals surface area (Å²) in [5.41, 5.74) is 3.16. The van der Waals surface area contributed by atoms with Gasteiger partial charge in [0, 0.05) is 31.5 Å². The molecule has 0 spiro atoms. The van der Waals surface area contributed by atoms with Crippen molar-refractivity contribution >= 4 is 27.7 Å². The lowest BCUT2D eigenvalue weighted by Crippen LogP contribution is -2.31. The molecule has 172 valence electrons. The summed E-state index contributed by atoms with van der Waals surface area (Å²) in [6, 6.07) is 14.6. The van der Waals surface area contributed by atoms with Crippen molar-refractivity contribution in [3.05, 3.63) is 65.4 Å². The normalized spacial score (nSPS) is 14.2. The Bertz CT molecular complexity index is 1330. The summed E-state index contributed by atoms with van der Waals surface area (Å²) in [5, 5.41) is 7.08. The number of amides is 1. The molecule has 0 saturated carbocycles. The van der Waals surface area contributed by atoms with Gasteiger partial charge in [0.2, 0.25) is 21.8 Å². The minimum absolute atomic E-state index is 0.0673. The number of aryl methyl sites for hydroxylation is 2. The molecule has 2 heterocycles. The number of carbonyl (C=O) groups excluding carboxylic acids is 2. The maximum absolute atomic E-state index is 13.6. The maximum atomic E-state index is 13.6. The monoisotopic (exact) mass is 466 g/mol. The molecular weight excluding hydrogens is 440 g/mol. The smallest absolute Gasteiger partial charge is 0.249 e. The predicted octanol–water partition coefficient (Wildman–Crippen LogP) is 3.75.